The number of ether oxygens (including phenoxy) is 1. The van der Waals surface area contributed by atoms with Gasteiger partial charge >= 0.3 is 5.97 Å². The van der Waals surface area contributed by atoms with Gasteiger partial charge in [0.15, 0.2) is 0 Å². The Bertz CT molecular complexity index is 391. The minimum Gasteiger partial charge on any atom is -0.469 e. The van der Waals surface area contributed by atoms with E-state index in [1.54, 1.807) is 31.2 Å². The van der Waals surface area contributed by atoms with Crippen LogP contribution in [-0.4, -0.2) is 24.5 Å². The standard InChI is InChI=1S/C12H15NO4/c1-9(12(14)17-2)11(8-13(15)16)10-6-4-3-5-7-10/h3-7,9,11H,8H2,1-2H3/t9?,11-/m0/s1. The second kappa shape index (κ2) is 5.98. The first-order chi connectivity index (χ1) is 8.06. The van der Waals surface area contributed by atoms with Gasteiger partial charge in [-0.2, -0.15) is 0 Å². The molecule has 5 nitrogen and oxygen atoms in total. The van der Waals surface area contributed by atoms with Gasteiger partial charge in [-0.05, 0) is 5.56 Å². The van der Waals surface area contributed by atoms with Gasteiger partial charge in [-0.1, -0.05) is 37.3 Å². The Labute approximate surface area is 99.5 Å². The van der Waals surface area contributed by atoms with E-state index in [2.05, 4.69) is 4.74 Å². The average Bonchev–Trinajstić information content (AvgIpc) is 2.35. The monoisotopic (exact) mass is 237 g/mol. The van der Waals surface area contributed by atoms with Gasteiger partial charge in [0.1, 0.15) is 0 Å². The lowest BCUT2D eigenvalue weighted by Gasteiger charge is -2.18. The van der Waals surface area contributed by atoms with Crippen LogP contribution in [0, 0.1) is 16.0 Å². The van der Waals surface area contributed by atoms with Crippen LogP contribution in [0.4, 0.5) is 0 Å². The molecule has 0 spiro atoms. The first kappa shape index (κ1) is 13.2. The molecule has 0 aliphatic carbocycles. The fourth-order valence-electron chi connectivity index (χ4n) is 1.76. The Morgan fingerprint density at radius 3 is 2.47 bits per heavy atom. The van der Waals surface area contributed by atoms with Crippen molar-refractivity contribution in [3.05, 3.63) is 46.0 Å². The normalized spacial score (nSPS) is 13.8. The number of nitrogens with zero attached hydrogens (tertiary/aromatic N) is 1. The number of hydrogen-bond donors (Lipinski definition) is 0. The fraction of sp³-hybridized carbons (Fsp3) is 0.417. The first-order valence-electron chi connectivity index (χ1n) is 5.30. The summed E-state index contributed by atoms with van der Waals surface area (Å²) in [4.78, 5) is 21.7. The molecule has 0 aromatic heterocycles. The van der Waals surface area contributed by atoms with Crippen LogP contribution >= 0.6 is 0 Å². The summed E-state index contributed by atoms with van der Waals surface area (Å²) < 4.78 is 4.63. The Hall–Kier alpha value is -1.91. The smallest absolute Gasteiger partial charge is 0.309 e. The second-order valence-electron chi connectivity index (χ2n) is 3.84. The number of methoxy groups -OCH3 is 1. The van der Waals surface area contributed by atoms with Gasteiger partial charge in [0.2, 0.25) is 6.54 Å². The van der Waals surface area contributed by atoms with Crippen molar-refractivity contribution in [2.24, 2.45) is 5.92 Å². The largest absolute Gasteiger partial charge is 0.469 e. The van der Waals surface area contributed by atoms with Gasteiger partial charge in [0.05, 0.1) is 18.9 Å². The van der Waals surface area contributed by atoms with E-state index in [9.17, 15) is 14.9 Å². The topological polar surface area (TPSA) is 69.4 Å². The zero-order chi connectivity index (χ0) is 12.8. The van der Waals surface area contributed by atoms with Crippen LogP contribution in [0.25, 0.3) is 0 Å². The second-order valence-corrected chi connectivity index (χ2v) is 3.84. The number of esters is 1. The van der Waals surface area contributed by atoms with Crippen LogP contribution < -0.4 is 0 Å². The van der Waals surface area contributed by atoms with Crippen LogP contribution in [0.5, 0.6) is 0 Å². The third kappa shape index (κ3) is 3.55. The summed E-state index contributed by atoms with van der Waals surface area (Å²) in [5, 5.41) is 10.7. The van der Waals surface area contributed by atoms with Crippen molar-refractivity contribution >= 4 is 5.97 Å². The van der Waals surface area contributed by atoms with Crippen LogP contribution in [0.1, 0.15) is 18.4 Å². The zero-order valence-electron chi connectivity index (χ0n) is 9.83. The lowest BCUT2D eigenvalue weighted by atomic mass is 9.87. The average molecular weight is 237 g/mol. The van der Waals surface area contributed by atoms with Crippen LogP contribution in [-0.2, 0) is 9.53 Å². The quantitative estimate of drug-likeness (QED) is 0.445. The van der Waals surface area contributed by atoms with E-state index in [1.807, 2.05) is 6.07 Å². The highest BCUT2D eigenvalue weighted by Crippen LogP contribution is 2.25. The maximum absolute atomic E-state index is 11.5. The molecule has 0 aliphatic rings. The van der Waals surface area contributed by atoms with Gasteiger partial charge in [-0.15, -0.1) is 0 Å². The molecule has 0 bridgehead atoms. The molecule has 1 aromatic rings. The van der Waals surface area contributed by atoms with Gasteiger partial charge in [0, 0.05) is 4.92 Å². The highest BCUT2D eigenvalue weighted by molar-refractivity contribution is 5.73. The summed E-state index contributed by atoms with van der Waals surface area (Å²) in [5.41, 5.74) is 0.780. The Morgan fingerprint density at radius 2 is 2.00 bits per heavy atom. The van der Waals surface area contributed by atoms with E-state index >= 15 is 0 Å². The van der Waals surface area contributed by atoms with E-state index < -0.39 is 22.7 Å². The molecule has 0 amide bonds. The molecule has 1 aromatic carbocycles. The summed E-state index contributed by atoms with van der Waals surface area (Å²) in [7, 11) is 1.28. The molecule has 0 fully saturated rings. The number of nitro groups is 1. The van der Waals surface area contributed by atoms with E-state index in [-0.39, 0.29) is 6.54 Å². The fourth-order valence-corrected chi connectivity index (χ4v) is 1.76. The van der Waals surface area contributed by atoms with E-state index in [4.69, 9.17) is 0 Å². The Kier molecular flexibility index (Phi) is 4.63. The predicted octanol–water partition coefficient (Wildman–Crippen LogP) is 1.86. The zero-order valence-corrected chi connectivity index (χ0v) is 9.83. The number of benzene rings is 1. The molecule has 1 rings (SSSR count). The molecule has 17 heavy (non-hydrogen) atoms. The Morgan fingerprint density at radius 1 is 1.41 bits per heavy atom. The molecule has 0 radical (unpaired) electrons. The maximum Gasteiger partial charge on any atom is 0.309 e. The summed E-state index contributed by atoms with van der Waals surface area (Å²) >= 11 is 0. The van der Waals surface area contributed by atoms with Crippen molar-refractivity contribution < 1.29 is 14.5 Å². The molecule has 0 aliphatic heterocycles. The molecule has 0 heterocycles. The Balaban J connectivity index is 2.95. The summed E-state index contributed by atoms with van der Waals surface area (Å²) in [6.07, 6.45) is 0. The number of carbonyl (C=O) groups is 1. The van der Waals surface area contributed by atoms with Gasteiger partial charge in [-0.25, -0.2) is 0 Å². The van der Waals surface area contributed by atoms with E-state index in [0.29, 0.717) is 0 Å². The molecular weight excluding hydrogens is 222 g/mol. The first-order valence-corrected chi connectivity index (χ1v) is 5.30. The molecule has 0 N–H and O–H groups in total. The minimum atomic E-state index is -0.534. The van der Waals surface area contributed by atoms with Crippen molar-refractivity contribution in [3.63, 3.8) is 0 Å². The van der Waals surface area contributed by atoms with E-state index in [0.717, 1.165) is 5.56 Å². The van der Waals surface area contributed by atoms with Crippen LogP contribution in [0.15, 0.2) is 30.3 Å². The number of carbonyl (C=O) groups excluding carboxylic acids is 1. The van der Waals surface area contributed by atoms with Crippen molar-refractivity contribution in [2.45, 2.75) is 12.8 Å². The van der Waals surface area contributed by atoms with E-state index in [1.165, 1.54) is 7.11 Å². The maximum atomic E-state index is 11.5. The summed E-state index contributed by atoms with van der Waals surface area (Å²) in [5.74, 6) is -1.42. The van der Waals surface area contributed by atoms with Crippen LogP contribution in [0.3, 0.4) is 0 Å². The van der Waals surface area contributed by atoms with Crippen molar-refractivity contribution in [2.75, 3.05) is 13.7 Å². The molecular formula is C12H15NO4. The lowest BCUT2D eigenvalue weighted by molar-refractivity contribution is -0.484. The minimum absolute atomic E-state index is 0.278. The predicted molar refractivity (Wildman–Crippen MR) is 62.2 cm³/mol. The lowest BCUT2D eigenvalue weighted by Crippen LogP contribution is -2.26. The van der Waals surface area contributed by atoms with Crippen LogP contribution in [0.2, 0.25) is 0 Å². The van der Waals surface area contributed by atoms with Crippen molar-refractivity contribution in [3.8, 4) is 0 Å². The van der Waals surface area contributed by atoms with Crippen molar-refractivity contribution in [1.29, 1.82) is 0 Å². The number of rotatable bonds is 5. The summed E-state index contributed by atoms with van der Waals surface area (Å²) in [6.45, 7) is 1.37. The van der Waals surface area contributed by atoms with Gasteiger partial charge in [-0.3, -0.25) is 14.9 Å². The molecule has 2 atom stereocenters. The molecule has 0 saturated carbocycles. The highest BCUT2D eigenvalue weighted by Gasteiger charge is 2.30. The molecule has 0 saturated heterocycles. The van der Waals surface area contributed by atoms with Crippen molar-refractivity contribution in [1.82, 2.24) is 0 Å². The number of hydrogen-bond acceptors (Lipinski definition) is 4. The summed E-state index contributed by atoms with van der Waals surface area (Å²) in [6, 6.07) is 9.00. The molecule has 5 heteroatoms. The third-order valence-corrected chi connectivity index (χ3v) is 2.75. The molecule has 1 unspecified atom stereocenters. The third-order valence-electron chi connectivity index (χ3n) is 2.75. The SMILES string of the molecule is COC(=O)C(C)[C@H](C[N+](=O)[O-])c1ccccc1. The van der Waals surface area contributed by atoms with Gasteiger partial charge in [0.25, 0.3) is 0 Å². The highest BCUT2D eigenvalue weighted by atomic mass is 16.6. The van der Waals surface area contributed by atoms with Gasteiger partial charge < -0.3 is 4.74 Å². The molecule has 92 valence electrons.